The zero-order chi connectivity index (χ0) is 21.4. The molecule has 0 bridgehead atoms. The van der Waals surface area contributed by atoms with Gasteiger partial charge in [0.05, 0.1) is 17.6 Å². The Hall–Kier alpha value is -2.02. The van der Waals surface area contributed by atoms with E-state index in [0.29, 0.717) is 12.2 Å². The SMILES string of the molecule is OC(O)(OCCC1CCN(c2ccn3c(n2)nc2ccccc23)CC1)C(O)(O)SF. The van der Waals surface area contributed by atoms with Crippen molar-refractivity contribution in [2.45, 2.75) is 30.4 Å². The van der Waals surface area contributed by atoms with Gasteiger partial charge in [-0.05, 0) is 43.4 Å². The number of halogens is 1. The number of piperidine rings is 1. The average molecular weight is 438 g/mol. The van der Waals surface area contributed by atoms with E-state index in [0.717, 1.165) is 42.8 Å². The summed E-state index contributed by atoms with van der Waals surface area (Å²) >= 11 is -1.01. The Bertz CT molecular complexity index is 1020. The van der Waals surface area contributed by atoms with E-state index in [1.807, 2.05) is 40.9 Å². The first kappa shape index (κ1) is 21.2. The summed E-state index contributed by atoms with van der Waals surface area (Å²) in [6.07, 6.45) is 4.10. The third-order valence-electron chi connectivity index (χ3n) is 5.46. The molecule has 4 rings (SSSR count). The summed E-state index contributed by atoms with van der Waals surface area (Å²) in [6, 6.07) is 9.83. The molecule has 0 amide bonds. The molecule has 162 valence electrons. The number of ether oxygens (including phenoxy) is 1. The lowest BCUT2D eigenvalue weighted by Gasteiger charge is -2.34. The van der Waals surface area contributed by atoms with Gasteiger partial charge in [-0.15, -0.1) is 0 Å². The van der Waals surface area contributed by atoms with Crippen molar-refractivity contribution in [1.29, 1.82) is 0 Å². The summed E-state index contributed by atoms with van der Waals surface area (Å²) in [4.78, 5) is 11.4. The predicted octanol–water partition coefficient (Wildman–Crippen LogP) is 1.40. The zero-order valence-electron chi connectivity index (χ0n) is 16.1. The maximum atomic E-state index is 12.4. The number of nitrogens with zero attached hydrogens (tertiary/aromatic N) is 4. The number of imidazole rings is 1. The molecule has 0 saturated carbocycles. The van der Waals surface area contributed by atoms with Gasteiger partial charge in [0.2, 0.25) is 5.78 Å². The maximum Gasteiger partial charge on any atom is 0.349 e. The topological polar surface area (TPSA) is 124 Å². The van der Waals surface area contributed by atoms with Crippen LogP contribution in [0, 0.1) is 5.92 Å². The lowest BCUT2D eigenvalue weighted by Crippen LogP contribution is -2.53. The lowest BCUT2D eigenvalue weighted by atomic mass is 9.94. The number of para-hydroxylation sites is 2. The summed E-state index contributed by atoms with van der Waals surface area (Å²) in [6.45, 7) is 1.38. The molecule has 9 nitrogen and oxygen atoms in total. The van der Waals surface area contributed by atoms with E-state index in [2.05, 4.69) is 19.6 Å². The quantitative estimate of drug-likeness (QED) is 0.405. The van der Waals surface area contributed by atoms with Crippen LogP contribution in [0.3, 0.4) is 0 Å². The van der Waals surface area contributed by atoms with E-state index < -0.39 is 23.2 Å². The number of hydrogen-bond donors (Lipinski definition) is 4. The Morgan fingerprint density at radius 1 is 1.10 bits per heavy atom. The van der Waals surface area contributed by atoms with Crippen molar-refractivity contribution in [2.75, 3.05) is 24.6 Å². The van der Waals surface area contributed by atoms with E-state index in [-0.39, 0.29) is 12.5 Å². The van der Waals surface area contributed by atoms with Gasteiger partial charge in [-0.3, -0.25) is 4.40 Å². The number of fused-ring (bicyclic) bond motifs is 3. The van der Waals surface area contributed by atoms with Crippen molar-refractivity contribution in [3.05, 3.63) is 36.5 Å². The highest BCUT2D eigenvalue weighted by Gasteiger charge is 2.51. The summed E-state index contributed by atoms with van der Waals surface area (Å²) < 4.78 is 19.1. The second-order valence-electron chi connectivity index (χ2n) is 7.42. The summed E-state index contributed by atoms with van der Waals surface area (Å²) in [5.41, 5.74) is 1.90. The molecule has 1 aromatic carbocycles. The number of hydrogen-bond acceptors (Lipinski definition) is 9. The molecule has 11 heteroatoms. The second-order valence-corrected chi connectivity index (χ2v) is 8.14. The van der Waals surface area contributed by atoms with Crippen LogP contribution < -0.4 is 4.90 Å². The van der Waals surface area contributed by atoms with Crippen molar-refractivity contribution in [1.82, 2.24) is 14.4 Å². The Morgan fingerprint density at radius 2 is 1.83 bits per heavy atom. The molecule has 3 heterocycles. The molecule has 4 N–H and O–H groups in total. The fraction of sp³-hybridized carbons (Fsp3) is 0.474. The van der Waals surface area contributed by atoms with E-state index in [4.69, 9.17) is 10.2 Å². The first-order chi connectivity index (χ1) is 14.3. The van der Waals surface area contributed by atoms with Crippen LogP contribution in [0.1, 0.15) is 19.3 Å². The van der Waals surface area contributed by atoms with Crippen molar-refractivity contribution < 1.29 is 29.0 Å². The number of rotatable bonds is 7. The van der Waals surface area contributed by atoms with E-state index in [1.54, 1.807) is 0 Å². The van der Waals surface area contributed by atoms with Crippen LogP contribution in [-0.4, -0.2) is 65.6 Å². The predicted molar refractivity (Wildman–Crippen MR) is 109 cm³/mol. The fourth-order valence-electron chi connectivity index (χ4n) is 3.68. The minimum Gasteiger partial charge on any atom is -0.356 e. The van der Waals surface area contributed by atoms with Gasteiger partial charge >= 0.3 is 11.1 Å². The molecule has 0 aliphatic carbocycles. The molecule has 0 atom stereocenters. The van der Waals surface area contributed by atoms with Crippen LogP contribution in [0.4, 0.5) is 9.70 Å². The molecule has 2 aromatic heterocycles. The number of anilines is 1. The standard InChI is InChI=1S/C19H23FN4O5S/c20-30-19(27,28)18(25,26)29-12-8-13-5-9-23(10-6-13)16-7-11-24-15-4-2-1-3-14(15)21-17(24)22-16/h1-4,7,11,13,25-28H,5-6,8-10,12H2. The van der Waals surface area contributed by atoms with Gasteiger partial charge in [0.1, 0.15) is 18.0 Å². The summed E-state index contributed by atoms with van der Waals surface area (Å²) in [7, 11) is 0. The van der Waals surface area contributed by atoms with Crippen LogP contribution in [0.25, 0.3) is 16.8 Å². The monoisotopic (exact) mass is 438 g/mol. The van der Waals surface area contributed by atoms with E-state index >= 15 is 0 Å². The van der Waals surface area contributed by atoms with Crippen LogP contribution in [0.5, 0.6) is 0 Å². The van der Waals surface area contributed by atoms with Gasteiger partial charge in [-0.1, -0.05) is 12.1 Å². The number of aromatic nitrogens is 3. The second kappa shape index (κ2) is 8.25. The summed E-state index contributed by atoms with van der Waals surface area (Å²) in [5, 5.41) is 33.8. The van der Waals surface area contributed by atoms with E-state index in [1.165, 1.54) is 0 Å². The molecule has 3 aromatic rings. The minimum absolute atomic E-state index is 0.147. The average Bonchev–Trinajstić information content (AvgIpc) is 3.12. The van der Waals surface area contributed by atoms with Gasteiger partial charge in [0.15, 0.2) is 0 Å². The first-order valence-electron chi connectivity index (χ1n) is 9.63. The van der Waals surface area contributed by atoms with Crippen LogP contribution in [-0.2, 0) is 4.74 Å². The Morgan fingerprint density at radius 3 is 2.57 bits per heavy atom. The minimum atomic E-state index is -3.45. The first-order valence-corrected chi connectivity index (χ1v) is 10.3. The van der Waals surface area contributed by atoms with Crippen molar-refractivity contribution >= 4 is 34.8 Å². The van der Waals surface area contributed by atoms with Crippen LogP contribution in [0.15, 0.2) is 36.5 Å². The third-order valence-corrected chi connectivity index (χ3v) is 5.95. The highest BCUT2D eigenvalue weighted by atomic mass is 32.2. The normalized spacial score (nSPS) is 16.6. The molecule has 0 spiro atoms. The Labute approximate surface area is 176 Å². The van der Waals surface area contributed by atoms with Crippen LogP contribution >= 0.6 is 12.1 Å². The lowest BCUT2D eigenvalue weighted by molar-refractivity contribution is -0.429. The molecule has 1 aliphatic rings. The van der Waals surface area contributed by atoms with Crippen molar-refractivity contribution in [3.8, 4) is 0 Å². The summed E-state index contributed by atoms with van der Waals surface area (Å²) in [5.74, 6) is -1.64. The molecule has 1 aliphatic heterocycles. The van der Waals surface area contributed by atoms with Gasteiger partial charge in [-0.25, -0.2) is 4.98 Å². The van der Waals surface area contributed by atoms with Gasteiger partial charge < -0.3 is 30.1 Å². The molecular weight excluding hydrogens is 415 g/mol. The highest BCUT2D eigenvalue weighted by Crippen LogP contribution is 2.32. The zero-order valence-corrected chi connectivity index (χ0v) is 16.9. The number of benzene rings is 1. The van der Waals surface area contributed by atoms with Crippen LogP contribution in [0.2, 0.25) is 0 Å². The van der Waals surface area contributed by atoms with Crippen molar-refractivity contribution in [3.63, 3.8) is 0 Å². The number of aliphatic hydroxyl groups is 4. The highest BCUT2D eigenvalue weighted by molar-refractivity contribution is 7.95. The molecule has 1 saturated heterocycles. The molecule has 0 radical (unpaired) electrons. The Balaban J connectivity index is 1.33. The molecule has 30 heavy (non-hydrogen) atoms. The molecule has 1 fully saturated rings. The van der Waals surface area contributed by atoms with E-state index in [9.17, 15) is 14.1 Å². The maximum absolute atomic E-state index is 12.4. The van der Waals surface area contributed by atoms with Gasteiger partial charge in [0, 0.05) is 19.3 Å². The molecular formula is C19H23FN4O5S. The van der Waals surface area contributed by atoms with Crippen molar-refractivity contribution in [2.24, 2.45) is 5.92 Å². The Kier molecular flexibility index (Phi) is 5.84. The van der Waals surface area contributed by atoms with Gasteiger partial charge in [-0.2, -0.15) is 8.87 Å². The van der Waals surface area contributed by atoms with Gasteiger partial charge in [0.25, 0.3) is 0 Å². The third kappa shape index (κ3) is 4.09. The molecule has 0 unspecified atom stereocenters. The largest absolute Gasteiger partial charge is 0.356 e. The fourth-order valence-corrected chi connectivity index (χ4v) is 3.84. The smallest absolute Gasteiger partial charge is 0.349 e.